The number of carboxylic acid groups (broad SMARTS) is 2. The molecule has 4 heterocycles. The number of aliphatic imine (C=N–C) groups is 1. The predicted octanol–water partition coefficient (Wildman–Crippen LogP) is 3.97. The van der Waals surface area contributed by atoms with E-state index in [4.69, 9.17) is 35.0 Å². The van der Waals surface area contributed by atoms with Crippen LogP contribution in [0.25, 0.3) is 0 Å². The van der Waals surface area contributed by atoms with Crippen LogP contribution in [0.3, 0.4) is 0 Å². The average Bonchev–Trinajstić information content (AvgIpc) is 3.87. The third-order valence-corrected chi connectivity index (χ3v) is 8.35. The van der Waals surface area contributed by atoms with Crippen molar-refractivity contribution in [2.45, 2.75) is 18.8 Å². The highest BCUT2D eigenvalue weighted by atomic mass is 19.4. The Labute approximate surface area is 343 Å². The number of aliphatic carboxylic acids is 2. The number of aryl methyl sites for hydroxylation is 3. The number of amidine groups is 1. The maximum atomic E-state index is 13.2. The maximum Gasteiger partial charge on any atom is 0.490 e. The number of methoxy groups -OCH3 is 1. The monoisotopic (exact) mass is 871 g/mol. The summed E-state index contributed by atoms with van der Waals surface area (Å²) in [6.45, 7) is 4.77. The van der Waals surface area contributed by atoms with E-state index in [1.54, 1.807) is 84.8 Å². The number of nitrogens with zero attached hydrogens (tertiary/aromatic N) is 5. The molecule has 7 N–H and O–H groups in total. The first-order chi connectivity index (χ1) is 28.5. The number of nitrogens with one attached hydrogen (secondary N) is 3. The van der Waals surface area contributed by atoms with Gasteiger partial charge >= 0.3 is 24.3 Å². The van der Waals surface area contributed by atoms with Crippen LogP contribution in [-0.4, -0.2) is 123 Å². The third-order valence-electron chi connectivity index (χ3n) is 8.35. The lowest BCUT2D eigenvalue weighted by Gasteiger charge is -2.26. The first kappa shape index (κ1) is 48.5. The van der Waals surface area contributed by atoms with E-state index in [-0.39, 0.29) is 23.6 Å². The minimum Gasteiger partial charge on any atom is -0.497 e. The van der Waals surface area contributed by atoms with E-state index >= 15 is 0 Å². The van der Waals surface area contributed by atoms with Gasteiger partial charge in [0.15, 0.2) is 0 Å². The Morgan fingerprint density at radius 1 is 0.770 bits per heavy atom. The normalized spacial score (nSPS) is 13.2. The number of halogens is 6. The molecule has 1 aliphatic heterocycles. The van der Waals surface area contributed by atoms with Gasteiger partial charge < -0.3 is 55.1 Å². The molecule has 4 aromatic rings. The number of nitrogens with two attached hydrogens (primary N) is 1. The number of hydrogen-bond acceptors (Lipinski definition) is 9. The Bertz CT molecular complexity index is 2180. The van der Waals surface area contributed by atoms with Gasteiger partial charge in [0, 0.05) is 64.9 Å². The summed E-state index contributed by atoms with van der Waals surface area (Å²) in [7, 11) is 6.77. The van der Waals surface area contributed by atoms with E-state index in [9.17, 15) is 40.7 Å². The topological polar surface area (TPSA) is 237 Å². The zero-order valence-corrected chi connectivity index (χ0v) is 33.1. The van der Waals surface area contributed by atoms with Crippen molar-refractivity contribution in [3.8, 4) is 5.75 Å². The number of aromatic nitrogens is 3. The van der Waals surface area contributed by atoms with Crippen LogP contribution in [0.15, 0.2) is 66.0 Å². The Morgan fingerprint density at radius 2 is 1.25 bits per heavy atom. The van der Waals surface area contributed by atoms with Crippen molar-refractivity contribution < 1.29 is 70.0 Å². The summed E-state index contributed by atoms with van der Waals surface area (Å²) < 4.78 is 79.0. The van der Waals surface area contributed by atoms with Crippen molar-refractivity contribution in [3.05, 3.63) is 83.7 Å². The Balaban J connectivity index is 0.000000609. The van der Waals surface area contributed by atoms with Crippen LogP contribution < -0.4 is 26.4 Å². The van der Waals surface area contributed by atoms with Crippen LogP contribution in [0, 0.1) is 0 Å². The van der Waals surface area contributed by atoms with E-state index in [0.29, 0.717) is 52.0 Å². The Morgan fingerprint density at radius 3 is 1.74 bits per heavy atom. The molecule has 1 aromatic carbocycles. The van der Waals surface area contributed by atoms with Gasteiger partial charge in [0.25, 0.3) is 17.7 Å². The second kappa shape index (κ2) is 21.4. The molecule has 1 aliphatic rings. The first-order valence-electron chi connectivity index (χ1n) is 17.8. The largest absolute Gasteiger partial charge is 0.497 e. The van der Waals surface area contributed by atoms with Gasteiger partial charge in [-0.05, 0) is 43.3 Å². The highest BCUT2D eigenvalue weighted by Crippen LogP contribution is 2.22. The molecule has 332 valence electrons. The van der Waals surface area contributed by atoms with Gasteiger partial charge in [0.05, 0.1) is 37.4 Å². The van der Waals surface area contributed by atoms with Crippen LogP contribution in [0.4, 0.5) is 43.4 Å². The summed E-state index contributed by atoms with van der Waals surface area (Å²) >= 11 is 0. The Kier molecular flexibility index (Phi) is 17.1. The molecule has 18 nitrogen and oxygen atoms in total. The van der Waals surface area contributed by atoms with Crippen molar-refractivity contribution in [1.82, 2.24) is 23.9 Å². The zero-order valence-electron chi connectivity index (χ0n) is 33.1. The van der Waals surface area contributed by atoms with Crippen LogP contribution in [0.5, 0.6) is 5.75 Å². The zero-order chi connectivity index (χ0) is 45.7. The Hall–Kier alpha value is -6.82. The van der Waals surface area contributed by atoms with E-state index in [0.717, 1.165) is 39.3 Å². The van der Waals surface area contributed by atoms with Gasteiger partial charge in [-0.2, -0.15) is 26.3 Å². The lowest BCUT2D eigenvalue weighted by Crippen LogP contribution is -2.38. The number of alkyl halides is 6. The highest BCUT2D eigenvalue weighted by molar-refractivity contribution is 6.07. The first-order valence-corrected chi connectivity index (χ1v) is 17.8. The SMILES string of the molecule is COc1cccc(C(N)=Nc2cc(C(=O)Nc3cc(C(=O)Nc4cc(C(=O)NCCCN5CCOCC5)n(C)c4)n(C)c3)n(C)c2)c1.O=C(O)C(F)(F)F.O=C(O)C(F)(F)F. The van der Waals surface area contributed by atoms with Crippen molar-refractivity contribution >= 4 is 52.6 Å². The molecule has 0 spiro atoms. The van der Waals surface area contributed by atoms with Crippen LogP contribution in [-0.2, 0) is 35.5 Å². The van der Waals surface area contributed by atoms with E-state index in [1.165, 1.54) is 0 Å². The summed E-state index contributed by atoms with van der Waals surface area (Å²) in [4.78, 5) is 63.7. The van der Waals surface area contributed by atoms with Gasteiger partial charge in [0.2, 0.25) is 0 Å². The molecule has 0 unspecified atom stereocenters. The molecular formula is C37H43F6N9O9. The summed E-state index contributed by atoms with van der Waals surface area (Å²) in [5, 5.41) is 22.9. The van der Waals surface area contributed by atoms with Gasteiger partial charge in [-0.1, -0.05) is 12.1 Å². The van der Waals surface area contributed by atoms with Crippen molar-refractivity contribution in [2.75, 3.05) is 57.1 Å². The molecule has 3 amide bonds. The third kappa shape index (κ3) is 15.1. The van der Waals surface area contributed by atoms with Crippen molar-refractivity contribution in [1.29, 1.82) is 0 Å². The summed E-state index contributed by atoms with van der Waals surface area (Å²) in [5.41, 5.74) is 9.43. The van der Waals surface area contributed by atoms with Gasteiger partial charge in [-0.25, -0.2) is 14.6 Å². The number of amides is 3. The molecule has 61 heavy (non-hydrogen) atoms. The second-order valence-electron chi connectivity index (χ2n) is 13.0. The van der Waals surface area contributed by atoms with E-state index in [1.807, 2.05) is 18.2 Å². The van der Waals surface area contributed by atoms with Crippen LogP contribution >= 0.6 is 0 Å². The molecular weight excluding hydrogens is 828 g/mol. The number of carbonyl (C=O) groups excluding carboxylic acids is 3. The van der Waals surface area contributed by atoms with Crippen molar-refractivity contribution in [2.24, 2.45) is 31.9 Å². The number of carbonyl (C=O) groups is 5. The molecule has 24 heteroatoms. The molecule has 0 saturated carbocycles. The molecule has 1 saturated heterocycles. The number of hydrogen-bond donors (Lipinski definition) is 6. The minimum absolute atomic E-state index is 0.212. The predicted molar refractivity (Wildman–Crippen MR) is 207 cm³/mol. The van der Waals surface area contributed by atoms with Gasteiger partial charge in [0.1, 0.15) is 28.7 Å². The number of anilines is 2. The standard InChI is InChI=1S/C33H41N9O5.2C2HF3O2/c1-39-20-24(17-27(39)31(43)35-9-6-10-42-11-13-47-14-12-42)37-33(45)29-18-25(21-41(29)3)38-32(44)28-16-23(19-40(28)2)36-30(34)22-7-5-8-26(15-22)46-4;2*3-2(4,5)1(6)7/h5,7-8,15-21H,6,9-14H2,1-4H3,(H2,34,36)(H,35,43)(H,37,45)(H,38,44);2*(H,6,7). The lowest BCUT2D eigenvalue weighted by atomic mass is 10.2. The number of benzene rings is 1. The fourth-order valence-corrected chi connectivity index (χ4v) is 5.35. The molecule has 1 fully saturated rings. The molecule has 3 aromatic heterocycles. The number of rotatable bonds is 12. The van der Waals surface area contributed by atoms with Crippen LogP contribution in [0.2, 0.25) is 0 Å². The molecule has 0 radical (unpaired) electrons. The number of morpholine rings is 1. The van der Waals surface area contributed by atoms with Gasteiger partial charge in [-0.3, -0.25) is 19.3 Å². The minimum atomic E-state index is -5.08. The van der Waals surface area contributed by atoms with E-state index < -0.39 is 24.3 Å². The summed E-state index contributed by atoms with van der Waals surface area (Å²) in [6, 6.07) is 12.1. The number of carboxylic acids is 2. The van der Waals surface area contributed by atoms with E-state index in [2.05, 4.69) is 25.8 Å². The average molecular weight is 872 g/mol. The fourth-order valence-electron chi connectivity index (χ4n) is 5.35. The maximum absolute atomic E-state index is 13.2. The molecule has 0 atom stereocenters. The fraction of sp³-hybridized carbons (Fsp3) is 0.351. The quantitative estimate of drug-likeness (QED) is 0.0516. The molecule has 0 aliphatic carbocycles. The summed E-state index contributed by atoms with van der Waals surface area (Å²) in [6.07, 6.45) is -4.30. The highest BCUT2D eigenvalue weighted by Gasteiger charge is 2.39. The van der Waals surface area contributed by atoms with Crippen molar-refractivity contribution in [3.63, 3.8) is 0 Å². The lowest BCUT2D eigenvalue weighted by molar-refractivity contribution is -0.193. The van der Waals surface area contributed by atoms with Gasteiger partial charge in [-0.15, -0.1) is 0 Å². The molecule has 5 rings (SSSR count). The second-order valence-corrected chi connectivity index (χ2v) is 13.0. The van der Waals surface area contributed by atoms with Crippen LogP contribution in [0.1, 0.15) is 43.4 Å². The number of ether oxygens (including phenoxy) is 2. The molecule has 0 bridgehead atoms. The summed E-state index contributed by atoms with van der Waals surface area (Å²) in [5.74, 6) is -5.55. The smallest absolute Gasteiger partial charge is 0.490 e.